The third-order valence-corrected chi connectivity index (χ3v) is 4.11. The SMILES string of the molecule is CC(=O)c1ccc(Nc2ncnc(Nc3ccc(Cl)cc3C)c2N)cc1. The molecule has 1 aromatic heterocycles. The molecular weight excluding hydrogens is 350 g/mol. The number of hydrogen-bond acceptors (Lipinski definition) is 6. The van der Waals surface area contributed by atoms with Crippen LogP contribution in [0.15, 0.2) is 48.8 Å². The van der Waals surface area contributed by atoms with E-state index in [1.165, 1.54) is 13.3 Å². The molecule has 0 saturated carbocycles. The van der Waals surface area contributed by atoms with E-state index in [2.05, 4.69) is 20.6 Å². The highest BCUT2D eigenvalue weighted by Gasteiger charge is 2.10. The van der Waals surface area contributed by atoms with Gasteiger partial charge in [-0.15, -0.1) is 0 Å². The molecule has 0 radical (unpaired) electrons. The van der Waals surface area contributed by atoms with Gasteiger partial charge in [0.25, 0.3) is 0 Å². The summed E-state index contributed by atoms with van der Waals surface area (Å²) in [4.78, 5) is 19.8. The number of aromatic nitrogens is 2. The van der Waals surface area contributed by atoms with Gasteiger partial charge in [0.2, 0.25) is 0 Å². The number of nitrogens with zero attached hydrogens (tertiary/aromatic N) is 2. The maximum Gasteiger partial charge on any atom is 0.159 e. The van der Waals surface area contributed by atoms with E-state index in [1.807, 2.05) is 19.1 Å². The lowest BCUT2D eigenvalue weighted by atomic mass is 10.1. The van der Waals surface area contributed by atoms with E-state index in [0.29, 0.717) is 27.9 Å². The summed E-state index contributed by atoms with van der Waals surface area (Å²) in [5, 5.41) is 7.00. The molecule has 3 rings (SSSR count). The minimum absolute atomic E-state index is 0.0166. The molecule has 3 aromatic rings. The molecule has 4 N–H and O–H groups in total. The molecule has 0 spiro atoms. The molecule has 0 atom stereocenters. The van der Waals surface area contributed by atoms with E-state index in [-0.39, 0.29) is 5.78 Å². The lowest BCUT2D eigenvalue weighted by Gasteiger charge is -2.14. The Labute approximate surface area is 156 Å². The van der Waals surface area contributed by atoms with Crippen LogP contribution in [0.25, 0.3) is 0 Å². The van der Waals surface area contributed by atoms with Crippen LogP contribution in [-0.4, -0.2) is 15.8 Å². The third kappa shape index (κ3) is 3.92. The molecule has 0 fully saturated rings. The number of anilines is 5. The summed E-state index contributed by atoms with van der Waals surface area (Å²) in [7, 11) is 0. The lowest BCUT2D eigenvalue weighted by Crippen LogP contribution is -2.06. The number of nitrogens with one attached hydrogen (secondary N) is 2. The maximum atomic E-state index is 11.4. The number of benzene rings is 2. The number of nitrogens with two attached hydrogens (primary N) is 1. The van der Waals surface area contributed by atoms with Crippen molar-refractivity contribution in [2.24, 2.45) is 0 Å². The smallest absolute Gasteiger partial charge is 0.159 e. The Morgan fingerprint density at radius 3 is 2.31 bits per heavy atom. The first-order chi connectivity index (χ1) is 12.4. The van der Waals surface area contributed by atoms with Crippen molar-refractivity contribution in [3.63, 3.8) is 0 Å². The summed E-state index contributed by atoms with van der Waals surface area (Å²) in [6.45, 7) is 3.48. The van der Waals surface area contributed by atoms with E-state index < -0.39 is 0 Å². The normalized spacial score (nSPS) is 10.4. The molecule has 0 aliphatic rings. The number of carbonyl (C=O) groups excluding carboxylic acids is 1. The molecule has 132 valence electrons. The molecule has 0 aliphatic heterocycles. The van der Waals surface area contributed by atoms with Crippen LogP contribution in [0.2, 0.25) is 5.02 Å². The zero-order valence-electron chi connectivity index (χ0n) is 14.4. The van der Waals surface area contributed by atoms with Crippen LogP contribution in [-0.2, 0) is 0 Å². The van der Waals surface area contributed by atoms with Crippen molar-refractivity contribution >= 4 is 46.1 Å². The van der Waals surface area contributed by atoms with Crippen LogP contribution in [0.3, 0.4) is 0 Å². The highest BCUT2D eigenvalue weighted by molar-refractivity contribution is 6.30. The van der Waals surface area contributed by atoms with Gasteiger partial charge in [-0.3, -0.25) is 4.79 Å². The van der Waals surface area contributed by atoms with E-state index in [4.69, 9.17) is 17.3 Å². The summed E-state index contributed by atoms with van der Waals surface area (Å²) in [6.07, 6.45) is 1.43. The van der Waals surface area contributed by atoms with E-state index in [9.17, 15) is 4.79 Å². The number of halogens is 1. The van der Waals surface area contributed by atoms with E-state index in [0.717, 1.165) is 16.9 Å². The fraction of sp³-hybridized carbons (Fsp3) is 0.105. The van der Waals surface area contributed by atoms with Crippen molar-refractivity contribution in [1.29, 1.82) is 0 Å². The fourth-order valence-electron chi connectivity index (χ4n) is 2.41. The molecule has 0 aliphatic carbocycles. The molecule has 0 saturated heterocycles. The number of nitrogen functional groups attached to an aromatic ring is 1. The number of hydrogen-bond donors (Lipinski definition) is 3. The van der Waals surface area contributed by atoms with E-state index in [1.54, 1.807) is 30.3 Å². The fourth-order valence-corrected chi connectivity index (χ4v) is 2.64. The largest absolute Gasteiger partial charge is 0.393 e. The molecule has 0 amide bonds. The standard InChI is InChI=1S/C19H18ClN5O/c1-11-9-14(20)5-8-16(11)25-19-17(21)18(22-10-23-19)24-15-6-3-13(4-7-15)12(2)26/h3-10H,21H2,1-2H3,(H2,22,23,24,25). The van der Waals surface area contributed by atoms with Crippen molar-refractivity contribution in [2.45, 2.75) is 13.8 Å². The van der Waals surface area contributed by atoms with Crippen LogP contribution >= 0.6 is 11.6 Å². The Balaban J connectivity index is 1.83. The van der Waals surface area contributed by atoms with Gasteiger partial charge < -0.3 is 16.4 Å². The molecular formula is C19H18ClN5O. The number of carbonyl (C=O) groups is 1. The van der Waals surface area contributed by atoms with Gasteiger partial charge in [0.1, 0.15) is 12.0 Å². The molecule has 6 nitrogen and oxygen atoms in total. The van der Waals surface area contributed by atoms with Gasteiger partial charge in [-0.25, -0.2) is 9.97 Å². The quantitative estimate of drug-likeness (QED) is 0.565. The van der Waals surface area contributed by atoms with Gasteiger partial charge in [0.15, 0.2) is 17.4 Å². The van der Waals surface area contributed by atoms with Gasteiger partial charge >= 0.3 is 0 Å². The number of aryl methyl sites for hydroxylation is 1. The minimum atomic E-state index is 0.0166. The van der Waals surface area contributed by atoms with Crippen LogP contribution < -0.4 is 16.4 Å². The zero-order valence-corrected chi connectivity index (χ0v) is 15.1. The predicted molar refractivity (Wildman–Crippen MR) is 106 cm³/mol. The monoisotopic (exact) mass is 367 g/mol. The van der Waals surface area contributed by atoms with Crippen molar-refractivity contribution in [3.8, 4) is 0 Å². The van der Waals surface area contributed by atoms with Crippen LogP contribution in [0.4, 0.5) is 28.7 Å². The van der Waals surface area contributed by atoms with Gasteiger partial charge in [-0.2, -0.15) is 0 Å². The molecule has 26 heavy (non-hydrogen) atoms. The first-order valence-corrected chi connectivity index (χ1v) is 8.33. The Bertz CT molecular complexity index is 957. The Kier molecular flexibility index (Phi) is 5.04. The zero-order chi connectivity index (χ0) is 18.7. The lowest BCUT2D eigenvalue weighted by molar-refractivity contribution is 0.101. The number of Topliss-reactive ketones (excluding diaryl/α,β-unsaturated/α-hetero) is 1. The first-order valence-electron chi connectivity index (χ1n) is 7.95. The van der Waals surface area contributed by atoms with Gasteiger partial charge in [-0.05, 0) is 61.9 Å². The maximum absolute atomic E-state index is 11.4. The summed E-state index contributed by atoms with van der Waals surface area (Å²) in [6, 6.07) is 12.6. The van der Waals surface area contributed by atoms with Gasteiger partial charge in [-0.1, -0.05) is 11.6 Å². The van der Waals surface area contributed by atoms with Crippen LogP contribution in [0.1, 0.15) is 22.8 Å². The molecule has 1 heterocycles. The molecule has 0 unspecified atom stereocenters. The second-order valence-corrected chi connectivity index (χ2v) is 6.26. The third-order valence-electron chi connectivity index (χ3n) is 3.88. The van der Waals surface area contributed by atoms with Crippen LogP contribution in [0.5, 0.6) is 0 Å². The van der Waals surface area contributed by atoms with Crippen molar-refractivity contribution in [2.75, 3.05) is 16.4 Å². The Morgan fingerprint density at radius 1 is 1.04 bits per heavy atom. The summed E-state index contributed by atoms with van der Waals surface area (Å²) >= 11 is 5.99. The van der Waals surface area contributed by atoms with Gasteiger partial charge in [0, 0.05) is 22.0 Å². The highest BCUT2D eigenvalue weighted by atomic mass is 35.5. The number of rotatable bonds is 5. The first kappa shape index (κ1) is 17.7. The summed E-state index contributed by atoms with van der Waals surface area (Å²) < 4.78 is 0. The topological polar surface area (TPSA) is 92.9 Å². The average molecular weight is 368 g/mol. The van der Waals surface area contributed by atoms with Crippen LogP contribution in [0, 0.1) is 6.92 Å². The second-order valence-electron chi connectivity index (χ2n) is 5.83. The Morgan fingerprint density at radius 2 is 1.69 bits per heavy atom. The molecule has 2 aromatic carbocycles. The van der Waals surface area contributed by atoms with Crippen molar-refractivity contribution in [1.82, 2.24) is 9.97 Å². The summed E-state index contributed by atoms with van der Waals surface area (Å²) in [5.74, 6) is 0.987. The summed E-state index contributed by atoms with van der Waals surface area (Å²) in [5.41, 5.74) is 9.85. The molecule has 0 bridgehead atoms. The number of ketones is 1. The highest BCUT2D eigenvalue weighted by Crippen LogP contribution is 2.30. The van der Waals surface area contributed by atoms with E-state index >= 15 is 0 Å². The van der Waals surface area contributed by atoms with Gasteiger partial charge in [0.05, 0.1) is 0 Å². The second kappa shape index (κ2) is 7.41. The molecule has 7 heteroatoms. The average Bonchev–Trinajstić information content (AvgIpc) is 2.61. The van der Waals surface area contributed by atoms with Crippen molar-refractivity contribution in [3.05, 3.63) is 64.9 Å². The van der Waals surface area contributed by atoms with Crippen molar-refractivity contribution < 1.29 is 4.79 Å². The Hall–Kier alpha value is -3.12. The predicted octanol–water partition coefficient (Wildman–Crippen LogP) is 4.71. The minimum Gasteiger partial charge on any atom is -0.393 e.